The van der Waals surface area contributed by atoms with Crippen LogP contribution in [0.5, 0.6) is 0 Å². The summed E-state index contributed by atoms with van der Waals surface area (Å²) in [5, 5.41) is 0. The molecule has 0 unspecified atom stereocenters. The van der Waals surface area contributed by atoms with Gasteiger partial charge in [0.05, 0.1) is 22.4 Å². The van der Waals surface area contributed by atoms with Crippen molar-refractivity contribution < 1.29 is 4.79 Å². The fourth-order valence-corrected chi connectivity index (χ4v) is 3.02. The Morgan fingerprint density at radius 3 is 2.22 bits per heavy atom. The van der Waals surface area contributed by atoms with Crippen LogP contribution in [0, 0.1) is 0 Å². The van der Waals surface area contributed by atoms with E-state index in [0.717, 1.165) is 61.4 Å². The molecule has 2 heterocycles. The summed E-state index contributed by atoms with van der Waals surface area (Å²) in [6.07, 6.45) is 1.75. The van der Waals surface area contributed by atoms with Crippen LogP contribution < -0.4 is 0 Å². The molecule has 1 aliphatic heterocycles. The van der Waals surface area contributed by atoms with Gasteiger partial charge < -0.3 is 9.80 Å². The zero-order valence-electron chi connectivity index (χ0n) is 14.2. The zero-order valence-corrected chi connectivity index (χ0v) is 14.2. The van der Waals surface area contributed by atoms with Crippen molar-refractivity contribution in [2.24, 2.45) is 0 Å². The van der Waals surface area contributed by atoms with E-state index in [1.54, 1.807) is 0 Å². The van der Waals surface area contributed by atoms with Crippen molar-refractivity contribution in [2.45, 2.75) is 26.7 Å². The van der Waals surface area contributed by atoms with E-state index < -0.39 is 0 Å². The lowest BCUT2D eigenvalue weighted by atomic mass is 10.1. The van der Waals surface area contributed by atoms with Gasteiger partial charge in [0.2, 0.25) is 0 Å². The van der Waals surface area contributed by atoms with Gasteiger partial charge in [-0.25, -0.2) is 9.97 Å². The Morgan fingerprint density at radius 2 is 1.61 bits per heavy atom. The number of hydrogen-bond donors (Lipinski definition) is 0. The van der Waals surface area contributed by atoms with Crippen LogP contribution in [0.4, 0.5) is 0 Å². The van der Waals surface area contributed by atoms with Crippen LogP contribution in [0.25, 0.3) is 11.0 Å². The van der Waals surface area contributed by atoms with E-state index >= 15 is 0 Å². The van der Waals surface area contributed by atoms with Gasteiger partial charge in [-0.3, -0.25) is 4.79 Å². The number of aryl methyl sites for hydroxylation is 2. The standard InChI is InChI=1S/C18H24N4O/c1-4-14-15(5-2)20-17-12-13(6-7-16(17)19-14)18(23)22-10-8-21(3)9-11-22/h6-7,12H,4-5,8-11H2,1-3H3. The van der Waals surface area contributed by atoms with Crippen LogP contribution in [0.2, 0.25) is 0 Å². The minimum Gasteiger partial charge on any atom is -0.336 e. The summed E-state index contributed by atoms with van der Waals surface area (Å²) < 4.78 is 0. The molecule has 2 aromatic rings. The third-order valence-electron chi connectivity index (χ3n) is 4.53. The van der Waals surface area contributed by atoms with E-state index in [9.17, 15) is 4.79 Å². The summed E-state index contributed by atoms with van der Waals surface area (Å²) >= 11 is 0. The number of hydrogen-bond acceptors (Lipinski definition) is 4. The lowest BCUT2D eigenvalue weighted by Gasteiger charge is -2.32. The van der Waals surface area contributed by atoms with E-state index in [-0.39, 0.29) is 5.91 Å². The molecular weight excluding hydrogens is 288 g/mol. The van der Waals surface area contributed by atoms with E-state index in [2.05, 4.69) is 25.8 Å². The Labute approximate surface area is 137 Å². The first-order valence-corrected chi connectivity index (χ1v) is 8.39. The highest BCUT2D eigenvalue weighted by molar-refractivity contribution is 5.97. The molecule has 1 aromatic heterocycles. The molecule has 23 heavy (non-hydrogen) atoms. The molecule has 1 saturated heterocycles. The van der Waals surface area contributed by atoms with Crippen LogP contribution in [0.3, 0.4) is 0 Å². The number of piperazine rings is 1. The van der Waals surface area contributed by atoms with Crippen molar-refractivity contribution in [2.75, 3.05) is 33.2 Å². The van der Waals surface area contributed by atoms with Crippen molar-refractivity contribution in [1.82, 2.24) is 19.8 Å². The number of carbonyl (C=O) groups is 1. The highest BCUT2D eigenvalue weighted by Gasteiger charge is 2.20. The number of rotatable bonds is 3. The van der Waals surface area contributed by atoms with Gasteiger partial charge in [-0.2, -0.15) is 0 Å². The quantitative estimate of drug-likeness (QED) is 0.871. The number of benzene rings is 1. The maximum absolute atomic E-state index is 12.7. The second-order valence-electron chi connectivity index (χ2n) is 6.12. The van der Waals surface area contributed by atoms with Crippen molar-refractivity contribution in [3.05, 3.63) is 35.2 Å². The Morgan fingerprint density at radius 1 is 1.00 bits per heavy atom. The topological polar surface area (TPSA) is 49.3 Å². The molecule has 1 aliphatic rings. The van der Waals surface area contributed by atoms with E-state index in [4.69, 9.17) is 9.97 Å². The third kappa shape index (κ3) is 3.20. The SMILES string of the molecule is CCc1nc2ccc(C(=O)N3CCN(C)CC3)cc2nc1CC. The zero-order chi connectivity index (χ0) is 16.4. The predicted octanol–water partition coefficient (Wildman–Crippen LogP) is 2.14. The summed E-state index contributed by atoms with van der Waals surface area (Å²) in [5.74, 6) is 0.0967. The van der Waals surface area contributed by atoms with Gasteiger partial charge >= 0.3 is 0 Å². The van der Waals surface area contributed by atoms with Gasteiger partial charge in [0.15, 0.2) is 0 Å². The van der Waals surface area contributed by atoms with Crippen molar-refractivity contribution >= 4 is 16.9 Å². The lowest BCUT2D eigenvalue weighted by Crippen LogP contribution is -2.47. The Bertz CT molecular complexity index is 720. The Hall–Kier alpha value is -2.01. The third-order valence-corrected chi connectivity index (χ3v) is 4.53. The molecule has 0 saturated carbocycles. The van der Waals surface area contributed by atoms with Gasteiger partial charge in [-0.05, 0) is 38.1 Å². The summed E-state index contributed by atoms with van der Waals surface area (Å²) in [6, 6.07) is 5.69. The van der Waals surface area contributed by atoms with Gasteiger partial charge in [0.25, 0.3) is 5.91 Å². The molecule has 0 bridgehead atoms. The molecule has 5 heteroatoms. The van der Waals surface area contributed by atoms with Gasteiger partial charge in [0.1, 0.15) is 0 Å². The molecule has 0 N–H and O–H groups in total. The lowest BCUT2D eigenvalue weighted by molar-refractivity contribution is 0.0664. The Kier molecular flexibility index (Phi) is 4.57. The molecule has 122 valence electrons. The molecule has 1 aromatic carbocycles. The average Bonchev–Trinajstić information content (AvgIpc) is 2.60. The van der Waals surface area contributed by atoms with Gasteiger partial charge in [-0.1, -0.05) is 13.8 Å². The van der Waals surface area contributed by atoms with Crippen LogP contribution in [-0.4, -0.2) is 58.9 Å². The highest BCUT2D eigenvalue weighted by Crippen LogP contribution is 2.18. The fraction of sp³-hybridized carbons (Fsp3) is 0.500. The normalized spacial score (nSPS) is 16.0. The highest BCUT2D eigenvalue weighted by atomic mass is 16.2. The van der Waals surface area contributed by atoms with Crippen LogP contribution in [0.1, 0.15) is 35.6 Å². The fourth-order valence-electron chi connectivity index (χ4n) is 3.02. The summed E-state index contributed by atoms with van der Waals surface area (Å²) in [4.78, 5) is 26.3. The first-order chi connectivity index (χ1) is 11.1. The predicted molar refractivity (Wildman–Crippen MR) is 91.7 cm³/mol. The number of nitrogens with zero attached hydrogens (tertiary/aromatic N) is 4. The molecule has 5 nitrogen and oxygen atoms in total. The van der Waals surface area contributed by atoms with E-state index in [1.165, 1.54) is 0 Å². The van der Waals surface area contributed by atoms with Crippen LogP contribution >= 0.6 is 0 Å². The van der Waals surface area contributed by atoms with Gasteiger partial charge in [-0.15, -0.1) is 0 Å². The summed E-state index contributed by atoms with van der Waals surface area (Å²) in [5.41, 5.74) is 4.48. The van der Waals surface area contributed by atoms with E-state index in [0.29, 0.717) is 5.56 Å². The Balaban J connectivity index is 1.91. The summed E-state index contributed by atoms with van der Waals surface area (Å²) in [6.45, 7) is 7.62. The molecule has 1 amide bonds. The first kappa shape index (κ1) is 15.9. The van der Waals surface area contributed by atoms with Crippen molar-refractivity contribution in [3.8, 4) is 0 Å². The maximum atomic E-state index is 12.7. The molecular formula is C18H24N4O. The molecule has 0 spiro atoms. The maximum Gasteiger partial charge on any atom is 0.254 e. The van der Waals surface area contributed by atoms with Crippen molar-refractivity contribution in [3.63, 3.8) is 0 Å². The second kappa shape index (κ2) is 6.62. The smallest absolute Gasteiger partial charge is 0.254 e. The monoisotopic (exact) mass is 312 g/mol. The largest absolute Gasteiger partial charge is 0.336 e. The minimum absolute atomic E-state index is 0.0967. The molecule has 0 radical (unpaired) electrons. The number of amides is 1. The van der Waals surface area contributed by atoms with Crippen LogP contribution in [0.15, 0.2) is 18.2 Å². The number of likely N-dealkylation sites (N-methyl/N-ethyl adjacent to an activating group) is 1. The molecule has 0 atom stereocenters. The van der Waals surface area contributed by atoms with Crippen LogP contribution in [-0.2, 0) is 12.8 Å². The first-order valence-electron chi connectivity index (χ1n) is 8.39. The second-order valence-corrected chi connectivity index (χ2v) is 6.12. The summed E-state index contributed by atoms with van der Waals surface area (Å²) in [7, 11) is 2.09. The van der Waals surface area contributed by atoms with E-state index in [1.807, 2.05) is 23.1 Å². The minimum atomic E-state index is 0.0967. The molecule has 0 aliphatic carbocycles. The average molecular weight is 312 g/mol. The molecule has 1 fully saturated rings. The van der Waals surface area contributed by atoms with Crippen molar-refractivity contribution in [1.29, 1.82) is 0 Å². The van der Waals surface area contributed by atoms with Gasteiger partial charge in [0, 0.05) is 31.7 Å². The number of carbonyl (C=O) groups excluding carboxylic acids is 1. The number of aromatic nitrogens is 2. The molecule has 3 rings (SSSR count). The number of fused-ring (bicyclic) bond motifs is 1.